The molecule has 170 valence electrons. The number of amides is 1. The predicted molar refractivity (Wildman–Crippen MR) is 121 cm³/mol. The van der Waals surface area contributed by atoms with Gasteiger partial charge in [0.25, 0.3) is 21.6 Å². The van der Waals surface area contributed by atoms with Gasteiger partial charge in [0, 0.05) is 29.4 Å². The highest BCUT2D eigenvalue weighted by Crippen LogP contribution is 2.34. The average molecular weight is 469 g/mol. The first-order chi connectivity index (χ1) is 15.7. The summed E-state index contributed by atoms with van der Waals surface area (Å²) < 4.78 is 40.9. The molecule has 0 spiro atoms. The molecule has 1 aliphatic rings. The SMILES string of the molecule is Cc1cc(C(=O)Nc2ccc3c(c2)N(S(=O)(=O)c2ccc(F)cc2)CCC3)ccc1[N+](=O)[O-]. The molecule has 1 heterocycles. The first kappa shape index (κ1) is 22.4. The van der Waals surface area contributed by atoms with E-state index in [1.165, 1.54) is 34.6 Å². The molecule has 0 aliphatic carbocycles. The lowest BCUT2D eigenvalue weighted by molar-refractivity contribution is -0.385. The molecule has 10 heteroatoms. The second-order valence-corrected chi connectivity index (χ2v) is 9.55. The second kappa shape index (κ2) is 8.62. The number of carbonyl (C=O) groups is 1. The monoisotopic (exact) mass is 469 g/mol. The zero-order chi connectivity index (χ0) is 23.8. The number of hydrogen-bond acceptors (Lipinski definition) is 5. The van der Waals surface area contributed by atoms with Crippen molar-refractivity contribution in [2.45, 2.75) is 24.7 Å². The zero-order valence-electron chi connectivity index (χ0n) is 17.6. The average Bonchev–Trinajstić information content (AvgIpc) is 2.78. The number of benzene rings is 3. The van der Waals surface area contributed by atoms with Crippen LogP contribution in [0.4, 0.5) is 21.5 Å². The number of nitro benzene ring substituents is 1. The van der Waals surface area contributed by atoms with Gasteiger partial charge < -0.3 is 5.32 Å². The van der Waals surface area contributed by atoms with Crippen LogP contribution in [0.5, 0.6) is 0 Å². The lowest BCUT2D eigenvalue weighted by Gasteiger charge is -2.31. The van der Waals surface area contributed by atoms with Gasteiger partial charge in [0.2, 0.25) is 0 Å². The van der Waals surface area contributed by atoms with Gasteiger partial charge in [-0.2, -0.15) is 0 Å². The minimum absolute atomic E-state index is 0.0208. The minimum atomic E-state index is -3.92. The summed E-state index contributed by atoms with van der Waals surface area (Å²) in [5, 5.41) is 13.7. The van der Waals surface area contributed by atoms with Crippen molar-refractivity contribution in [1.29, 1.82) is 0 Å². The van der Waals surface area contributed by atoms with E-state index in [-0.39, 0.29) is 22.7 Å². The van der Waals surface area contributed by atoms with Gasteiger partial charge in [0.1, 0.15) is 5.82 Å². The largest absolute Gasteiger partial charge is 0.322 e. The fourth-order valence-electron chi connectivity index (χ4n) is 3.81. The summed E-state index contributed by atoms with van der Waals surface area (Å²) in [4.78, 5) is 23.2. The number of anilines is 2. The Morgan fingerprint density at radius 3 is 2.48 bits per heavy atom. The number of nitro groups is 1. The summed E-state index contributed by atoms with van der Waals surface area (Å²) in [6, 6.07) is 13.7. The lowest BCUT2D eigenvalue weighted by Crippen LogP contribution is -2.35. The fraction of sp³-hybridized carbons (Fsp3) is 0.174. The summed E-state index contributed by atoms with van der Waals surface area (Å²) in [7, 11) is -3.92. The topological polar surface area (TPSA) is 110 Å². The van der Waals surface area contributed by atoms with Gasteiger partial charge in [-0.15, -0.1) is 0 Å². The van der Waals surface area contributed by atoms with E-state index in [0.717, 1.165) is 17.7 Å². The summed E-state index contributed by atoms with van der Waals surface area (Å²) in [5.41, 5.74) is 2.17. The van der Waals surface area contributed by atoms with Gasteiger partial charge in [0.05, 0.1) is 15.5 Å². The number of hydrogen-bond donors (Lipinski definition) is 1. The minimum Gasteiger partial charge on any atom is -0.322 e. The van der Waals surface area contributed by atoms with E-state index >= 15 is 0 Å². The molecule has 0 unspecified atom stereocenters. The highest BCUT2D eigenvalue weighted by Gasteiger charge is 2.29. The van der Waals surface area contributed by atoms with Crippen molar-refractivity contribution >= 4 is 33.0 Å². The summed E-state index contributed by atoms with van der Waals surface area (Å²) in [6.07, 6.45) is 1.31. The third-order valence-corrected chi connectivity index (χ3v) is 7.30. The number of sulfonamides is 1. The number of nitrogens with zero attached hydrogens (tertiary/aromatic N) is 2. The Hall–Kier alpha value is -3.79. The number of fused-ring (bicyclic) bond motifs is 1. The van der Waals surface area contributed by atoms with Gasteiger partial charge in [-0.3, -0.25) is 19.2 Å². The van der Waals surface area contributed by atoms with Crippen LogP contribution < -0.4 is 9.62 Å². The Morgan fingerprint density at radius 2 is 1.82 bits per heavy atom. The Balaban J connectivity index is 1.63. The van der Waals surface area contributed by atoms with Crippen molar-refractivity contribution in [3.8, 4) is 0 Å². The van der Waals surface area contributed by atoms with E-state index < -0.39 is 26.7 Å². The first-order valence-electron chi connectivity index (χ1n) is 10.1. The summed E-state index contributed by atoms with van der Waals surface area (Å²) in [6.45, 7) is 1.80. The van der Waals surface area contributed by atoms with Gasteiger partial charge in [-0.05, 0) is 73.9 Å². The second-order valence-electron chi connectivity index (χ2n) is 7.69. The number of halogens is 1. The van der Waals surface area contributed by atoms with Gasteiger partial charge in [-0.1, -0.05) is 6.07 Å². The van der Waals surface area contributed by atoms with Gasteiger partial charge in [-0.25, -0.2) is 12.8 Å². The summed E-state index contributed by atoms with van der Waals surface area (Å²) in [5.74, 6) is -1.00. The fourth-order valence-corrected chi connectivity index (χ4v) is 5.34. The van der Waals surface area contributed by atoms with Gasteiger partial charge in [0.15, 0.2) is 0 Å². The van der Waals surface area contributed by atoms with Crippen LogP contribution in [0.2, 0.25) is 0 Å². The van der Waals surface area contributed by atoms with Crippen LogP contribution in [0, 0.1) is 22.9 Å². The molecule has 0 fully saturated rings. The first-order valence-corrected chi connectivity index (χ1v) is 11.6. The van der Waals surface area contributed by atoms with Crippen LogP contribution >= 0.6 is 0 Å². The molecule has 0 atom stereocenters. The Labute approximate surface area is 189 Å². The van der Waals surface area contributed by atoms with Crippen LogP contribution in [0.15, 0.2) is 65.6 Å². The molecule has 0 bridgehead atoms. The Morgan fingerprint density at radius 1 is 1.09 bits per heavy atom. The van der Waals surface area contributed by atoms with Crippen molar-refractivity contribution in [1.82, 2.24) is 0 Å². The van der Waals surface area contributed by atoms with Crippen LogP contribution in [0.1, 0.15) is 27.9 Å². The summed E-state index contributed by atoms with van der Waals surface area (Å²) >= 11 is 0. The van der Waals surface area contributed by atoms with Crippen LogP contribution in [0.3, 0.4) is 0 Å². The molecule has 0 saturated carbocycles. The van der Waals surface area contributed by atoms with Crippen LogP contribution in [0.25, 0.3) is 0 Å². The highest BCUT2D eigenvalue weighted by atomic mass is 32.2. The predicted octanol–water partition coefficient (Wildman–Crippen LogP) is 4.44. The molecule has 1 N–H and O–H groups in total. The molecule has 8 nitrogen and oxygen atoms in total. The van der Waals surface area contributed by atoms with Crippen molar-refractivity contribution in [3.63, 3.8) is 0 Å². The van der Waals surface area contributed by atoms with E-state index in [1.807, 2.05) is 0 Å². The maximum Gasteiger partial charge on any atom is 0.272 e. The number of aryl methyl sites for hydroxylation is 2. The standard InChI is InChI=1S/C23H20FN3O5S/c1-15-13-17(5-11-21(15)27(29)30)23(28)25-19-8-4-16-3-2-12-26(22(16)14-19)33(31,32)20-9-6-18(24)7-10-20/h4-11,13-14H,2-3,12H2,1H3,(H,25,28). The molecular formula is C23H20FN3O5S. The van der Waals surface area contributed by atoms with Crippen LogP contribution in [-0.4, -0.2) is 25.8 Å². The van der Waals surface area contributed by atoms with Crippen molar-refractivity contribution in [3.05, 3.63) is 93.3 Å². The quantitative estimate of drug-likeness (QED) is 0.439. The molecule has 3 aromatic carbocycles. The third-order valence-electron chi connectivity index (χ3n) is 5.48. The maximum atomic E-state index is 13.3. The van der Waals surface area contributed by atoms with E-state index in [1.54, 1.807) is 25.1 Å². The molecule has 33 heavy (non-hydrogen) atoms. The number of nitrogens with one attached hydrogen (secondary N) is 1. The maximum absolute atomic E-state index is 13.3. The van der Waals surface area contributed by atoms with E-state index in [9.17, 15) is 27.7 Å². The molecule has 0 radical (unpaired) electrons. The molecule has 1 aliphatic heterocycles. The molecular weight excluding hydrogens is 449 g/mol. The van der Waals surface area contributed by atoms with Crippen molar-refractivity contribution in [2.75, 3.05) is 16.2 Å². The normalized spacial score (nSPS) is 13.3. The molecule has 3 aromatic rings. The Kier molecular flexibility index (Phi) is 5.86. The van der Waals surface area contributed by atoms with Crippen LogP contribution in [-0.2, 0) is 16.4 Å². The van der Waals surface area contributed by atoms with Crippen molar-refractivity contribution in [2.24, 2.45) is 0 Å². The van der Waals surface area contributed by atoms with Gasteiger partial charge >= 0.3 is 0 Å². The molecule has 4 rings (SSSR count). The third kappa shape index (κ3) is 4.42. The number of rotatable bonds is 5. The lowest BCUT2D eigenvalue weighted by atomic mass is 10.0. The molecule has 1 amide bonds. The van der Waals surface area contributed by atoms with E-state index in [2.05, 4.69) is 5.32 Å². The number of carbonyl (C=O) groups excluding carboxylic acids is 1. The molecule has 0 aromatic heterocycles. The van der Waals surface area contributed by atoms with E-state index in [4.69, 9.17) is 0 Å². The highest BCUT2D eigenvalue weighted by molar-refractivity contribution is 7.92. The van der Waals surface area contributed by atoms with E-state index in [0.29, 0.717) is 29.8 Å². The smallest absolute Gasteiger partial charge is 0.272 e. The Bertz CT molecular complexity index is 1360. The molecule has 0 saturated heterocycles. The van der Waals surface area contributed by atoms with Crippen molar-refractivity contribution < 1.29 is 22.5 Å². The zero-order valence-corrected chi connectivity index (χ0v) is 18.4.